The zero-order valence-electron chi connectivity index (χ0n) is 10.8. The van der Waals surface area contributed by atoms with Gasteiger partial charge in [0.1, 0.15) is 0 Å². The number of carbonyl (C=O) groups excluding carboxylic acids is 1. The molecule has 0 bridgehead atoms. The van der Waals surface area contributed by atoms with Crippen molar-refractivity contribution in [1.82, 2.24) is 0 Å². The van der Waals surface area contributed by atoms with Crippen LogP contribution < -0.4 is 0 Å². The van der Waals surface area contributed by atoms with Crippen LogP contribution >= 0.6 is 0 Å². The Morgan fingerprint density at radius 2 is 1.81 bits per heavy atom. The van der Waals surface area contributed by atoms with Gasteiger partial charge < -0.3 is 14.2 Å². The molecule has 0 radical (unpaired) electrons. The predicted octanol–water partition coefficient (Wildman–Crippen LogP) is 3.21. The van der Waals surface area contributed by atoms with Gasteiger partial charge in [-0.2, -0.15) is 22.0 Å². The molecule has 0 aromatic heterocycles. The third kappa shape index (κ3) is 3.42. The van der Waals surface area contributed by atoms with Crippen LogP contribution in [-0.4, -0.2) is 31.5 Å². The van der Waals surface area contributed by atoms with Gasteiger partial charge in [0.25, 0.3) is 0 Å². The molecule has 4 nitrogen and oxygen atoms in total. The van der Waals surface area contributed by atoms with E-state index in [4.69, 9.17) is 0 Å². The fourth-order valence-corrected chi connectivity index (χ4v) is 1.46. The normalized spacial score (nSPS) is 18.5. The van der Waals surface area contributed by atoms with Crippen molar-refractivity contribution in [2.45, 2.75) is 26.1 Å². The SMILES string of the molecule is CCOC(=O)C1=C(OCC)OC(F)(F)C(C(F)(F)F)=C1F. The molecule has 0 aliphatic carbocycles. The Hall–Kier alpha value is -1.87. The first-order valence-electron chi connectivity index (χ1n) is 5.65. The van der Waals surface area contributed by atoms with E-state index < -0.39 is 41.2 Å². The van der Waals surface area contributed by atoms with Gasteiger partial charge in [-0.1, -0.05) is 0 Å². The Labute approximate surface area is 114 Å². The number of alkyl halides is 5. The minimum atomic E-state index is -5.75. The molecule has 0 atom stereocenters. The van der Waals surface area contributed by atoms with Crippen LogP contribution in [0.1, 0.15) is 13.8 Å². The summed E-state index contributed by atoms with van der Waals surface area (Å²) >= 11 is 0. The summed E-state index contributed by atoms with van der Waals surface area (Å²) in [7, 11) is 0. The highest BCUT2D eigenvalue weighted by atomic mass is 19.4. The molecule has 0 fully saturated rings. The first-order valence-corrected chi connectivity index (χ1v) is 5.65. The molecule has 1 aliphatic rings. The Bertz CT molecular complexity index is 491. The van der Waals surface area contributed by atoms with E-state index in [1.54, 1.807) is 0 Å². The fraction of sp³-hybridized carbons (Fsp3) is 0.545. The Morgan fingerprint density at radius 3 is 2.24 bits per heavy atom. The number of ether oxygens (including phenoxy) is 3. The average Bonchev–Trinajstić information content (AvgIpc) is 2.25. The minimum Gasteiger partial charge on any atom is -0.465 e. The van der Waals surface area contributed by atoms with Crippen molar-refractivity contribution in [1.29, 1.82) is 0 Å². The van der Waals surface area contributed by atoms with Crippen molar-refractivity contribution in [2.75, 3.05) is 13.2 Å². The number of hydrogen-bond acceptors (Lipinski definition) is 4. The molecule has 0 unspecified atom stereocenters. The minimum absolute atomic E-state index is 0.313. The van der Waals surface area contributed by atoms with Gasteiger partial charge in [0.05, 0.1) is 13.2 Å². The number of hydrogen-bond donors (Lipinski definition) is 0. The lowest BCUT2D eigenvalue weighted by Gasteiger charge is -2.28. The zero-order valence-corrected chi connectivity index (χ0v) is 10.8. The van der Waals surface area contributed by atoms with Crippen molar-refractivity contribution >= 4 is 5.97 Å². The summed E-state index contributed by atoms with van der Waals surface area (Å²) in [5, 5.41) is 0. The Morgan fingerprint density at radius 1 is 1.24 bits per heavy atom. The van der Waals surface area contributed by atoms with Crippen LogP contribution in [0, 0.1) is 0 Å². The van der Waals surface area contributed by atoms with Gasteiger partial charge in [0.2, 0.25) is 0 Å². The number of halogens is 6. The van der Waals surface area contributed by atoms with E-state index in [0.717, 1.165) is 0 Å². The van der Waals surface area contributed by atoms with Gasteiger partial charge in [-0.15, -0.1) is 0 Å². The van der Waals surface area contributed by atoms with Crippen molar-refractivity contribution in [2.24, 2.45) is 0 Å². The summed E-state index contributed by atoms with van der Waals surface area (Å²) in [6.45, 7) is 1.91. The van der Waals surface area contributed by atoms with Gasteiger partial charge in [-0.25, -0.2) is 9.18 Å². The highest BCUT2D eigenvalue weighted by Crippen LogP contribution is 2.47. The monoisotopic (exact) mass is 320 g/mol. The molecule has 1 rings (SSSR count). The third-order valence-corrected chi connectivity index (χ3v) is 2.19. The van der Waals surface area contributed by atoms with Crippen LogP contribution in [0.4, 0.5) is 26.3 Å². The smallest absolute Gasteiger partial charge is 0.436 e. The maximum absolute atomic E-state index is 13.8. The van der Waals surface area contributed by atoms with E-state index in [1.807, 2.05) is 0 Å². The Balaban J connectivity index is 3.51. The van der Waals surface area contributed by atoms with E-state index >= 15 is 0 Å². The molecular formula is C11H10F6O4. The summed E-state index contributed by atoms with van der Waals surface area (Å²) in [6.07, 6.45) is -10.8. The first-order chi connectivity index (χ1) is 9.56. The molecule has 1 heterocycles. The van der Waals surface area contributed by atoms with Crippen LogP contribution in [0.3, 0.4) is 0 Å². The van der Waals surface area contributed by atoms with Gasteiger partial charge in [-0.3, -0.25) is 0 Å². The second-order valence-corrected chi connectivity index (χ2v) is 3.62. The molecule has 0 aromatic rings. The maximum atomic E-state index is 13.8. The second kappa shape index (κ2) is 5.86. The highest BCUT2D eigenvalue weighted by molar-refractivity contribution is 5.93. The molecule has 0 saturated heterocycles. The highest BCUT2D eigenvalue weighted by Gasteiger charge is 2.60. The molecular weight excluding hydrogens is 310 g/mol. The average molecular weight is 320 g/mol. The molecule has 0 spiro atoms. The number of esters is 1. The van der Waals surface area contributed by atoms with Crippen LogP contribution in [0.2, 0.25) is 0 Å². The lowest BCUT2D eigenvalue weighted by molar-refractivity contribution is -0.250. The number of carbonyl (C=O) groups is 1. The van der Waals surface area contributed by atoms with E-state index in [9.17, 15) is 31.1 Å². The first kappa shape index (κ1) is 17.2. The lowest BCUT2D eigenvalue weighted by atomic mass is 10.1. The summed E-state index contributed by atoms with van der Waals surface area (Å²) in [5.74, 6) is -5.44. The molecule has 0 saturated carbocycles. The molecule has 0 amide bonds. The molecule has 10 heteroatoms. The van der Waals surface area contributed by atoms with E-state index in [-0.39, 0.29) is 13.2 Å². The quantitative estimate of drug-likeness (QED) is 0.589. The largest absolute Gasteiger partial charge is 0.465 e. The van der Waals surface area contributed by atoms with E-state index in [1.165, 1.54) is 13.8 Å². The van der Waals surface area contributed by atoms with Crippen molar-refractivity contribution in [3.8, 4) is 0 Å². The van der Waals surface area contributed by atoms with E-state index in [0.29, 0.717) is 0 Å². The van der Waals surface area contributed by atoms with Crippen LogP contribution in [-0.2, 0) is 19.0 Å². The second-order valence-electron chi connectivity index (χ2n) is 3.62. The standard InChI is InChI=1S/C11H10F6O4/c1-3-19-8(18)5-6(12)7(10(13,14)15)11(16,17)21-9(5)20-4-2/h3-4H2,1-2H3. The zero-order chi connectivity index (χ0) is 16.4. The predicted molar refractivity (Wildman–Crippen MR) is 55.5 cm³/mol. The molecule has 0 N–H and O–H groups in total. The summed E-state index contributed by atoms with van der Waals surface area (Å²) in [4.78, 5) is 11.5. The van der Waals surface area contributed by atoms with Crippen molar-refractivity contribution in [3.05, 3.63) is 22.9 Å². The van der Waals surface area contributed by atoms with Gasteiger partial charge >= 0.3 is 24.2 Å². The van der Waals surface area contributed by atoms with Crippen molar-refractivity contribution < 1.29 is 45.3 Å². The van der Waals surface area contributed by atoms with Gasteiger partial charge in [0.15, 0.2) is 17.0 Å². The Kier molecular flexibility index (Phi) is 4.79. The third-order valence-electron chi connectivity index (χ3n) is 2.19. The van der Waals surface area contributed by atoms with Crippen LogP contribution in [0.15, 0.2) is 22.9 Å². The number of rotatable bonds is 4. The fourth-order valence-electron chi connectivity index (χ4n) is 1.46. The van der Waals surface area contributed by atoms with Gasteiger partial charge in [-0.05, 0) is 13.8 Å². The maximum Gasteiger partial charge on any atom is 0.436 e. The lowest BCUT2D eigenvalue weighted by Crippen LogP contribution is -2.38. The van der Waals surface area contributed by atoms with Gasteiger partial charge in [0, 0.05) is 0 Å². The summed E-state index contributed by atoms with van der Waals surface area (Å²) in [6, 6.07) is 0. The molecule has 120 valence electrons. The summed E-state index contributed by atoms with van der Waals surface area (Å²) < 4.78 is 90.6. The topological polar surface area (TPSA) is 44.8 Å². The van der Waals surface area contributed by atoms with Crippen LogP contribution in [0.5, 0.6) is 0 Å². The molecule has 1 aliphatic heterocycles. The summed E-state index contributed by atoms with van der Waals surface area (Å²) in [5.41, 5.74) is -4.38. The molecule has 21 heavy (non-hydrogen) atoms. The van der Waals surface area contributed by atoms with Crippen LogP contribution in [0.25, 0.3) is 0 Å². The van der Waals surface area contributed by atoms with Crippen molar-refractivity contribution in [3.63, 3.8) is 0 Å². The molecule has 0 aromatic carbocycles. The van der Waals surface area contributed by atoms with E-state index in [2.05, 4.69) is 14.2 Å².